The number of nitrogens with one attached hydrogen (secondary N) is 1. The molecule has 0 bridgehead atoms. The minimum atomic E-state index is -0.779. The fraction of sp³-hybridized carbons (Fsp3) is 0.421. The van der Waals surface area contributed by atoms with Gasteiger partial charge in [0.15, 0.2) is 11.6 Å². The van der Waals surface area contributed by atoms with Crippen molar-refractivity contribution in [3.8, 4) is 17.0 Å². The number of methoxy groups -OCH3 is 1. The number of benzene rings is 1. The van der Waals surface area contributed by atoms with E-state index in [2.05, 4.69) is 20.0 Å². The maximum Gasteiger partial charge on any atom is 0.413 e. The Hall–Kier alpha value is -2.81. The van der Waals surface area contributed by atoms with Crippen LogP contribution < -0.4 is 15.8 Å². The summed E-state index contributed by atoms with van der Waals surface area (Å²) in [6.07, 6.45) is 1.20. The van der Waals surface area contributed by atoms with Gasteiger partial charge in [0.25, 0.3) is 0 Å². The number of rotatable bonds is 7. The number of nitrogens with zero attached hydrogens (tertiary/aromatic N) is 2. The molecular weight excluding hydrogens is 370 g/mol. The van der Waals surface area contributed by atoms with Gasteiger partial charge in [0.05, 0.1) is 12.8 Å². The van der Waals surface area contributed by atoms with Crippen LogP contribution in [-0.2, 0) is 4.74 Å². The van der Waals surface area contributed by atoms with E-state index in [1.807, 2.05) is 13.8 Å². The lowest BCUT2D eigenvalue weighted by Crippen LogP contribution is -2.43. The lowest BCUT2D eigenvalue weighted by atomic mass is 9.93. The summed E-state index contributed by atoms with van der Waals surface area (Å²) in [5, 5.41) is 2.26. The van der Waals surface area contributed by atoms with Gasteiger partial charge in [0.1, 0.15) is 12.4 Å². The van der Waals surface area contributed by atoms with Gasteiger partial charge in [0.2, 0.25) is 5.95 Å². The maximum absolute atomic E-state index is 14.6. The van der Waals surface area contributed by atoms with E-state index in [9.17, 15) is 13.6 Å². The van der Waals surface area contributed by atoms with Crippen LogP contribution in [0.2, 0.25) is 0 Å². The highest BCUT2D eigenvalue weighted by Gasteiger charge is 2.23. The highest BCUT2D eigenvalue weighted by molar-refractivity contribution is 5.82. The lowest BCUT2D eigenvalue weighted by Gasteiger charge is -2.26. The van der Waals surface area contributed by atoms with E-state index in [1.54, 1.807) is 6.92 Å². The maximum atomic E-state index is 14.6. The summed E-state index contributed by atoms with van der Waals surface area (Å²) in [5.41, 5.74) is 5.46. The van der Waals surface area contributed by atoms with Crippen molar-refractivity contribution in [3.05, 3.63) is 36.0 Å². The van der Waals surface area contributed by atoms with Crippen molar-refractivity contribution in [2.45, 2.75) is 32.7 Å². The molecule has 1 heterocycles. The highest BCUT2D eigenvalue weighted by Crippen LogP contribution is 2.29. The van der Waals surface area contributed by atoms with Crippen LogP contribution in [0.5, 0.6) is 5.75 Å². The minimum absolute atomic E-state index is 0.0432. The van der Waals surface area contributed by atoms with E-state index in [-0.39, 0.29) is 29.6 Å². The number of nitrogens with two attached hydrogens (primary N) is 1. The smallest absolute Gasteiger partial charge is 0.413 e. The van der Waals surface area contributed by atoms with Crippen LogP contribution in [0.15, 0.2) is 24.4 Å². The molecule has 0 aliphatic rings. The molecule has 0 aliphatic carbocycles. The molecule has 7 nitrogen and oxygen atoms in total. The molecule has 0 unspecified atom stereocenters. The molecule has 0 spiro atoms. The first-order chi connectivity index (χ1) is 13.1. The third kappa shape index (κ3) is 5.85. The average molecular weight is 394 g/mol. The zero-order valence-corrected chi connectivity index (χ0v) is 16.3. The highest BCUT2D eigenvalue weighted by atomic mass is 19.1. The van der Waals surface area contributed by atoms with Crippen LogP contribution in [0, 0.1) is 17.6 Å². The number of anilines is 1. The Morgan fingerprint density at radius 1 is 1.32 bits per heavy atom. The minimum Gasteiger partial charge on any atom is -0.489 e. The summed E-state index contributed by atoms with van der Waals surface area (Å²) in [4.78, 5) is 19.1. The Morgan fingerprint density at radius 3 is 2.68 bits per heavy atom. The molecule has 1 amide bonds. The summed E-state index contributed by atoms with van der Waals surface area (Å²) in [7, 11) is 1.18. The second-order valence-corrected chi connectivity index (χ2v) is 7.19. The second kappa shape index (κ2) is 8.92. The van der Waals surface area contributed by atoms with Crippen LogP contribution in [0.4, 0.5) is 19.5 Å². The molecule has 1 aromatic heterocycles. The van der Waals surface area contributed by atoms with Gasteiger partial charge in [-0.2, -0.15) is 0 Å². The normalized spacial score (nSPS) is 13.1. The average Bonchev–Trinajstić information content (AvgIpc) is 2.61. The Bertz CT molecular complexity index is 844. The Balaban J connectivity index is 2.22. The molecule has 0 aliphatic heterocycles. The molecule has 1 aromatic carbocycles. The molecule has 28 heavy (non-hydrogen) atoms. The van der Waals surface area contributed by atoms with Crippen molar-refractivity contribution in [1.82, 2.24) is 9.97 Å². The van der Waals surface area contributed by atoms with Crippen molar-refractivity contribution in [2.75, 3.05) is 19.0 Å². The predicted octanol–water partition coefficient (Wildman–Crippen LogP) is 3.74. The van der Waals surface area contributed by atoms with E-state index < -0.39 is 23.3 Å². The molecular formula is C19H24F2N4O3. The monoisotopic (exact) mass is 394 g/mol. The van der Waals surface area contributed by atoms with E-state index in [1.165, 1.54) is 19.4 Å². The van der Waals surface area contributed by atoms with Gasteiger partial charge >= 0.3 is 6.09 Å². The molecule has 1 atom stereocenters. The predicted molar refractivity (Wildman–Crippen MR) is 101 cm³/mol. The lowest BCUT2D eigenvalue weighted by molar-refractivity contribution is 0.186. The summed E-state index contributed by atoms with van der Waals surface area (Å²) in [6, 6.07) is 3.32. The molecule has 0 fully saturated rings. The standard InChI is InChI=1S/C19H24F2N4O3/c1-11(2)9-19(3,22)10-28-16-8-13(20)12(7-14(16)21)15-5-6-23-17(24-15)25-18(26)27-4/h5-8,11H,9-10,22H2,1-4H3,(H,23,24,25,26)/t19-/m0/s1. The van der Waals surface area contributed by atoms with Crippen molar-refractivity contribution in [3.63, 3.8) is 0 Å². The van der Waals surface area contributed by atoms with Gasteiger partial charge in [-0.1, -0.05) is 13.8 Å². The van der Waals surface area contributed by atoms with E-state index >= 15 is 0 Å². The molecule has 2 aromatic rings. The zero-order chi connectivity index (χ0) is 20.9. The number of amides is 1. The number of carbonyl (C=O) groups excluding carboxylic acids is 1. The summed E-state index contributed by atoms with van der Waals surface area (Å²) in [6.45, 7) is 5.88. The zero-order valence-electron chi connectivity index (χ0n) is 16.3. The first-order valence-corrected chi connectivity index (χ1v) is 8.70. The fourth-order valence-corrected chi connectivity index (χ4v) is 2.78. The van der Waals surface area contributed by atoms with Gasteiger partial charge in [-0.3, -0.25) is 5.32 Å². The van der Waals surface area contributed by atoms with Crippen molar-refractivity contribution in [2.24, 2.45) is 11.7 Å². The van der Waals surface area contributed by atoms with Crippen molar-refractivity contribution < 1.29 is 23.0 Å². The Labute approximate surface area is 162 Å². The third-order valence-corrected chi connectivity index (χ3v) is 3.78. The molecule has 0 saturated carbocycles. The number of ether oxygens (including phenoxy) is 2. The summed E-state index contributed by atoms with van der Waals surface area (Å²) < 4.78 is 38.9. The molecule has 9 heteroatoms. The quantitative estimate of drug-likeness (QED) is 0.742. The van der Waals surface area contributed by atoms with Gasteiger partial charge in [0, 0.05) is 23.4 Å². The Morgan fingerprint density at radius 2 is 2.04 bits per heavy atom. The third-order valence-electron chi connectivity index (χ3n) is 3.78. The van der Waals surface area contributed by atoms with E-state index in [0.717, 1.165) is 12.1 Å². The number of hydrogen-bond acceptors (Lipinski definition) is 6. The molecule has 0 saturated heterocycles. The van der Waals surface area contributed by atoms with E-state index in [4.69, 9.17) is 10.5 Å². The molecule has 3 N–H and O–H groups in total. The molecule has 2 rings (SSSR count). The first-order valence-electron chi connectivity index (χ1n) is 8.70. The first kappa shape index (κ1) is 21.5. The van der Waals surface area contributed by atoms with Gasteiger partial charge in [-0.05, 0) is 31.4 Å². The van der Waals surface area contributed by atoms with Crippen molar-refractivity contribution >= 4 is 12.0 Å². The van der Waals surface area contributed by atoms with Gasteiger partial charge in [-0.15, -0.1) is 0 Å². The van der Waals surface area contributed by atoms with Crippen LogP contribution >= 0.6 is 0 Å². The van der Waals surface area contributed by atoms with Gasteiger partial charge < -0.3 is 15.2 Å². The van der Waals surface area contributed by atoms with E-state index in [0.29, 0.717) is 12.3 Å². The van der Waals surface area contributed by atoms with Crippen LogP contribution in [-0.4, -0.2) is 35.3 Å². The summed E-state index contributed by atoms with van der Waals surface area (Å²) >= 11 is 0. The molecule has 152 valence electrons. The second-order valence-electron chi connectivity index (χ2n) is 7.19. The fourth-order valence-electron chi connectivity index (χ4n) is 2.78. The van der Waals surface area contributed by atoms with Crippen LogP contribution in [0.1, 0.15) is 27.2 Å². The number of hydrogen-bond donors (Lipinski definition) is 2. The topological polar surface area (TPSA) is 99.4 Å². The Kier molecular flexibility index (Phi) is 6.85. The van der Waals surface area contributed by atoms with Gasteiger partial charge in [-0.25, -0.2) is 23.5 Å². The van der Waals surface area contributed by atoms with Crippen LogP contribution in [0.25, 0.3) is 11.3 Å². The SMILES string of the molecule is COC(=O)Nc1nccc(-c2cc(F)c(OC[C@@](C)(N)CC(C)C)cc2F)n1. The summed E-state index contributed by atoms with van der Waals surface area (Å²) in [5.74, 6) is -1.48. The molecule has 0 radical (unpaired) electrons. The van der Waals surface area contributed by atoms with Crippen molar-refractivity contribution in [1.29, 1.82) is 0 Å². The van der Waals surface area contributed by atoms with Crippen LogP contribution in [0.3, 0.4) is 0 Å². The largest absolute Gasteiger partial charge is 0.489 e. The number of halogens is 2. The number of carbonyl (C=O) groups is 1. The number of aromatic nitrogens is 2.